The molecular weight excluding hydrogens is 256 g/mol. The summed E-state index contributed by atoms with van der Waals surface area (Å²) in [5.74, 6) is 1.74. The lowest BCUT2D eigenvalue weighted by Gasteiger charge is -2.21. The van der Waals surface area contributed by atoms with Crippen molar-refractivity contribution in [2.45, 2.75) is 25.9 Å². The fraction of sp³-hybridized carbons (Fsp3) is 0.333. The molecule has 5 heteroatoms. The van der Waals surface area contributed by atoms with Crippen LogP contribution in [0.3, 0.4) is 0 Å². The van der Waals surface area contributed by atoms with Gasteiger partial charge < -0.3 is 14.6 Å². The Bertz CT molecular complexity index is 544. The van der Waals surface area contributed by atoms with Gasteiger partial charge >= 0.3 is 0 Å². The zero-order valence-corrected chi connectivity index (χ0v) is 11.6. The van der Waals surface area contributed by atoms with Crippen molar-refractivity contribution in [3.8, 4) is 17.4 Å². The van der Waals surface area contributed by atoms with Crippen LogP contribution in [0.4, 0.5) is 0 Å². The van der Waals surface area contributed by atoms with Crippen molar-refractivity contribution in [1.29, 1.82) is 0 Å². The van der Waals surface area contributed by atoms with Crippen molar-refractivity contribution >= 4 is 0 Å². The smallest absolute Gasteiger partial charge is 0.222 e. The lowest BCUT2D eigenvalue weighted by molar-refractivity contribution is 0.00841. The molecule has 0 saturated carbocycles. The molecule has 0 aliphatic heterocycles. The summed E-state index contributed by atoms with van der Waals surface area (Å²) in [5, 5.41) is 9.92. The second-order valence-electron chi connectivity index (χ2n) is 4.76. The topological polar surface area (TPSA) is 64.5 Å². The number of aliphatic hydroxyl groups is 1. The molecule has 0 amide bonds. The minimum absolute atomic E-state index is 0.237. The van der Waals surface area contributed by atoms with Gasteiger partial charge in [0.05, 0.1) is 5.60 Å². The van der Waals surface area contributed by atoms with E-state index in [-0.39, 0.29) is 6.61 Å². The first-order valence-electron chi connectivity index (χ1n) is 6.48. The third-order valence-electron chi connectivity index (χ3n) is 2.89. The maximum Gasteiger partial charge on any atom is 0.222 e. The molecular formula is C15H18N2O3. The predicted molar refractivity (Wildman–Crippen MR) is 75.0 cm³/mol. The first kappa shape index (κ1) is 14.3. The van der Waals surface area contributed by atoms with Gasteiger partial charge in [0.15, 0.2) is 0 Å². The molecule has 0 bridgehead atoms. The van der Waals surface area contributed by atoms with E-state index in [4.69, 9.17) is 9.47 Å². The molecule has 0 saturated heterocycles. The third kappa shape index (κ3) is 4.20. The standard InChI is InChI=1S/C15H18N2O3/c1-3-15(2,18)10-19-12-5-4-6-13(9-12)20-14-7-8-16-11-17-14/h4-9,11,18H,3,10H2,1-2H3/t15-/m1/s1. The number of ether oxygens (including phenoxy) is 2. The van der Waals surface area contributed by atoms with Crippen LogP contribution in [0.5, 0.6) is 17.4 Å². The molecule has 0 radical (unpaired) electrons. The average molecular weight is 274 g/mol. The second kappa shape index (κ2) is 6.34. The summed E-state index contributed by atoms with van der Waals surface area (Å²) in [6.07, 6.45) is 3.67. The molecule has 2 aromatic rings. The highest BCUT2D eigenvalue weighted by molar-refractivity contribution is 5.35. The van der Waals surface area contributed by atoms with Crippen LogP contribution in [0.2, 0.25) is 0 Å². The maximum absolute atomic E-state index is 9.92. The highest BCUT2D eigenvalue weighted by Gasteiger charge is 2.18. The largest absolute Gasteiger partial charge is 0.490 e. The Morgan fingerprint density at radius 3 is 2.75 bits per heavy atom. The van der Waals surface area contributed by atoms with Crippen molar-refractivity contribution in [2.75, 3.05) is 6.61 Å². The summed E-state index contributed by atoms with van der Waals surface area (Å²) >= 11 is 0. The van der Waals surface area contributed by atoms with E-state index in [9.17, 15) is 5.11 Å². The molecule has 1 atom stereocenters. The Morgan fingerprint density at radius 2 is 2.05 bits per heavy atom. The molecule has 1 heterocycles. The van der Waals surface area contributed by atoms with Gasteiger partial charge in [-0.3, -0.25) is 0 Å². The van der Waals surface area contributed by atoms with E-state index in [0.717, 1.165) is 0 Å². The Hall–Kier alpha value is -2.14. The number of benzene rings is 1. The highest BCUT2D eigenvalue weighted by atomic mass is 16.5. The Balaban J connectivity index is 2.01. The molecule has 1 aromatic carbocycles. The van der Waals surface area contributed by atoms with E-state index in [1.807, 2.05) is 25.1 Å². The summed E-state index contributed by atoms with van der Waals surface area (Å²) in [7, 11) is 0. The van der Waals surface area contributed by atoms with Crippen LogP contribution in [0.25, 0.3) is 0 Å². The minimum Gasteiger partial charge on any atom is -0.490 e. The van der Waals surface area contributed by atoms with Crippen LogP contribution in [0, 0.1) is 0 Å². The van der Waals surface area contributed by atoms with Gasteiger partial charge in [-0.25, -0.2) is 9.97 Å². The Kier molecular flexibility index (Phi) is 4.53. The number of rotatable bonds is 6. The van der Waals surface area contributed by atoms with Crippen LogP contribution >= 0.6 is 0 Å². The number of hydrogen-bond acceptors (Lipinski definition) is 5. The lowest BCUT2D eigenvalue weighted by atomic mass is 10.1. The van der Waals surface area contributed by atoms with Gasteiger partial charge in [-0.2, -0.15) is 0 Å². The van der Waals surface area contributed by atoms with Crippen molar-refractivity contribution < 1.29 is 14.6 Å². The van der Waals surface area contributed by atoms with Gasteiger partial charge in [0.2, 0.25) is 5.88 Å². The highest BCUT2D eigenvalue weighted by Crippen LogP contribution is 2.24. The zero-order valence-electron chi connectivity index (χ0n) is 11.6. The van der Waals surface area contributed by atoms with E-state index in [2.05, 4.69) is 9.97 Å². The third-order valence-corrected chi connectivity index (χ3v) is 2.89. The SMILES string of the molecule is CC[C@@](C)(O)COc1cccc(Oc2ccncn2)c1. The van der Waals surface area contributed by atoms with Gasteiger partial charge in [-0.1, -0.05) is 13.0 Å². The summed E-state index contributed by atoms with van der Waals surface area (Å²) in [5.41, 5.74) is -0.830. The summed E-state index contributed by atoms with van der Waals surface area (Å²) in [4.78, 5) is 7.81. The van der Waals surface area contributed by atoms with Gasteiger partial charge in [-0.15, -0.1) is 0 Å². The van der Waals surface area contributed by atoms with Crippen molar-refractivity contribution in [3.05, 3.63) is 42.9 Å². The summed E-state index contributed by atoms with van der Waals surface area (Å²) in [6, 6.07) is 8.89. The monoisotopic (exact) mass is 274 g/mol. The lowest BCUT2D eigenvalue weighted by Crippen LogP contribution is -2.31. The number of hydrogen-bond donors (Lipinski definition) is 1. The van der Waals surface area contributed by atoms with Gasteiger partial charge in [-0.05, 0) is 25.5 Å². The molecule has 106 valence electrons. The molecule has 1 N–H and O–H groups in total. The predicted octanol–water partition coefficient (Wildman–Crippen LogP) is 2.81. The fourth-order valence-electron chi connectivity index (χ4n) is 1.43. The Morgan fingerprint density at radius 1 is 1.25 bits per heavy atom. The average Bonchev–Trinajstić information content (AvgIpc) is 2.47. The quantitative estimate of drug-likeness (QED) is 0.877. The van der Waals surface area contributed by atoms with Gasteiger partial charge in [0, 0.05) is 18.3 Å². The number of aromatic nitrogens is 2. The van der Waals surface area contributed by atoms with E-state index in [1.54, 1.807) is 25.3 Å². The van der Waals surface area contributed by atoms with Crippen LogP contribution in [0.15, 0.2) is 42.9 Å². The second-order valence-corrected chi connectivity index (χ2v) is 4.76. The molecule has 20 heavy (non-hydrogen) atoms. The van der Waals surface area contributed by atoms with Gasteiger partial charge in [0.25, 0.3) is 0 Å². The summed E-state index contributed by atoms with van der Waals surface area (Å²) in [6.45, 7) is 3.90. The Labute approximate surface area is 118 Å². The zero-order chi connectivity index (χ0) is 14.4. The van der Waals surface area contributed by atoms with Crippen molar-refractivity contribution in [2.24, 2.45) is 0 Å². The van der Waals surface area contributed by atoms with Gasteiger partial charge in [0.1, 0.15) is 24.4 Å². The molecule has 0 fully saturated rings. The molecule has 5 nitrogen and oxygen atoms in total. The van der Waals surface area contributed by atoms with E-state index in [1.165, 1.54) is 6.33 Å². The maximum atomic E-state index is 9.92. The normalized spacial score (nSPS) is 13.6. The van der Waals surface area contributed by atoms with Crippen LogP contribution < -0.4 is 9.47 Å². The molecule has 1 aromatic heterocycles. The van der Waals surface area contributed by atoms with Crippen molar-refractivity contribution in [3.63, 3.8) is 0 Å². The van der Waals surface area contributed by atoms with E-state index >= 15 is 0 Å². The van der Waals surface area contributed by atoms with E-state index in [0.29, 0.717) is 23.8 Å². The summed E-state index contributed by atoms with van der Waals surface area (Å²) < 4.78 is 11.2. The fourth-order valence-corrected chi connectivity index (χ4v) is 1.43. The molecule has 2 rings (SSSR count). The van der Waals surface area contributed by atoms with Crippen LogP contribution in [-0.4, -0.2) is 27.3 Å². The van der Waals surface area contributed by atoms with Crippen LogP contribution in [0.1, 0.15) is 20.3 Å². The first-order chi connectivity index (χ1) is 9.59. The van der Waals surface area contributed by atoms with E-state index < -0.39 is 5.60 Å². The number of nitrogens with zero attached hydrogens (tertiary/aromatic N) is 2. The molecule has 0 aliphatic carbocycles. The molecule has 0 spiro atoms. The first-order valence-corrected chi connectivity index (χ1v) is 6.48. The van der Waals surface area contributed by atoms with Crippen LogP contribution in [-0.2, 0) is 0 Å². The minimum atomic E-state index is -0.830. The van der Waals surface area contributed by atoms with Crippen molar-refractivity contribution in [1.82, 2.24) is 9.97 Å². The molecule has 0 aliphatic rings. The molecule has 0 unspecified atom stereocenters.